The van der Waals surface area contributed by atoms with Gasteiger partial charge >= 0.3 is 0 Å². The van der Waals surface area contributed by atoms with Crippen molar-refractivity contribution in [3.8, 4) is 6.07 Å². The van der Waals surface area contributed by atoms with E-state index in [1.54, 1.807) is 12.3 Å². The maximum atomic E-state index is 9.03. The van der Waals surface area contributed by atoms with Crippen molar-refractivity contribution >= 4 is 17.4 Å². The molecule has 3 nitrogen and oxygen atoms in total. The standard InChI is InChI=1S/C14H16ClN3/c15-13-12(7-16)5-6-17-14(13)18(8-10-1-2-10)9-11-3-4-11/h5-6,10-11H,1-4,8-9H2. The van der Waals surface area contributed by atoms with E-state index in [0.717, 1.165) is 30.7 Å². The van der Waals surface area contributed by atoms with E-state index in [2.05, 4.69) is 16.0 Å². The molecule has 1 aromatic rings. The molecule has 2 aliphatic rings. The van der Waals surface area contributed by atoms with Crippen molar-refractivity contribution in [3.05, 3.63) is 22.8 Å². The third kappa shape index (κ3) is 2.59. The summed E-state index contributed by atoms with van der Waals surface area (Å²) in [5.74, 6) is 2.40. The molecule has 0 aliphatic heterocycles. The average Bonchev–Trinajstić information content (AvgIpc) is 3.24. The summed E-state index contributed by atoms with van der Waals surface area (Å²) in [6.45, 7) is 2.08. The van der Waals surface area contributed by atoms with Crippen LogP contribution in [-0.4, -0.2) is 18.1 Å². The Labute approximate surface area is 112 Å². The predicted octanol–water partition coefficient (Wildman–Crippen LogP) is 3.23. The fourth-order valence-corrected chi connectivity index (χ4v) is 2.48. The lowest BCUT2D eigenvalue weighted by Crippen LogP contribution is -2.29. The highest BCUT2D eigenvalue weighted by Crippen LogP contribution is 2.37. The molecule has 0 amide bonds. The van der Waals surface area contributed by atoms with Crippen LogP contribution in [0.3, 0.4) is 0 Å². The van der Waals surface area contributed by atoms with Gasteiger partial charge in [0.25, 0.3) is 0 Å². The van der Waals surface area contributed by atoms with Crippen molar-refractivity contribution in [2.24, 2.45) is 11.8 Å². The molecule has 0 spiro atoms. The van der Waals surface area contributed by atoms with Gasteiger partial charge in [-0.2, -0.15) is 5.26 Å². The Morgan fingerprint density at radius 2 is 1.89 bits per heavy atom. The monoisotopic (exact) mass is 261 g/mol. The first-order chi connectivity index (χ1) is 8.78. The normalized spacial score (nSPS) is 18.4. The zero-order valence-electron chi connectivity index (χ0n) is 10.3. The molecule has 0 atom stereocenters. The van der Waals surface area contributed by atoms with Crippen LogP contribution in [0.4, 0.5) is 5.82 Å². The summed E-state index contributed by atoms with van der Waals surface area (Å²) in [5, 5.41) is 9.55. The van der Waals surface area contributed by atoms with E-state index in [4.69, 9.17) is 16.9 Å². The van der Waals surface area contributed by atoms with Gasteiger partial charge in [-0.3, -0.25) is 0 Å². The quantitative estimate of drug-likeness (QED) is 0.817. The third-order valence-corrected chi connectivity index (χ3v) is 4.01. The van der Waals surface area contributed by atoms with Gasteiger partial charge < -0.3 is 4.90 Å². The van der Waals surface area contributed by atoms with Crippen molar-refractivity contribution < 1.29 is 0 Å². The van der Waals surface area contributed by atoms with Crippen molar-refractivity contribution in [2.75, 3.05) is 18.0 Å². The van der Waals surface area contributed by atoms with E-state index >= 15 is 0 Å². The molecule has 0 radical (unpaired) electrons. The summed E-state index contributed by atoms with van der Waals surface area (Å²) in [6.07, 6.45) is 6.95. The maximum Gasteiger partial charge on any atom is 0.148 e. The lowest BCUT2D eigenvalue weighted by molar-refractivity contribution is 0.671. The Balaban J connectivity index is 1.85. The topological polar surface area (TPSA) is 39.9 Å². The lowest BCUT2D eigenvalue weighted by atomic mass is 10.2. The molecule has 4 heteroatoms. The molecule has 2 fully saturated rings. The van der Waals surface area contributed by atoms with Crippen LogP contribution in [0.25, 0.3) is 0 Å². The van der Waals surface area contributed by atoms with Crippen molar-refractivity contribution in [3.63, 3.8) is 0 Å². The summed E-state index contributed by atoms with van der Waals surface area (Å²) in [4.78, 5) is 6.68. The van der Waals surface area contributed by atoms with Gasteiger partial charge in [0.15, 0.2) is 0 Å². The number of anilines is 1. The van der Waals surface area contributed by atoms with Gasteiger partial charge in [-0.25, -0.2) is 4.98 Å². The molecule has 0 bridgehead atoms. The second-order valence-electron chi connectivity index (χ2n) is 5.40. The fourth-order valence-electron chi connectivity index (χ4n) is 2.21. The van der Waals surface area contributed by atoms with Gasteiger partial charge in [0.1, 0.15) is 16.9 Å². The number of nitriles is 1. The van der Waals surface area contributed by atoms with Crippen LogP contribution in [0, 0.1) is 23.2 Å². The van der Waals surface area contributed by atoms with Gasteiger partial charge in [-0.15, -0.1) is 0 Å². The molecule has 94 valence electrons. The average molecular weight is 262 g/mol. The van der Waals surface area contributed by atoms with Crippen LogP contribution in [0.1, 0.15) is 31.2 Å². The first kappa shape index (κ1) is 11.8. The van der Waals surface area contributed by atoms with E-state index in [-0.39, 0.29) is 0 Å². The number of hydrogen-bond acceptors (Lipinski definition) is 3. The number of halogens is 1. The fraction of sp³-hybridized carbons (Fsp3) is 0.571. The summed E-state index contributed by atoms with van der Waals surface area (Å²) < 4.78 is 0. The summed E-state index contributed by atoms with van der Waals surface area (Å²) >= 11 is 6.28. The van der Waals surface area contributed by atoms with Crippen molar-refractivity contribution in [2.45, 2.75) is 25.7 Å². The second-order valence-corrected chi connectivity index (χ2v) is 5.78. The molecule has 1 heterocycles. The summed E-state index contributed by atoms with van der Waals surface area (Å²) in [6, 6.07) is 3.81. The molecule has 3 rings (SSSR count). The summed E-state index contributed by atoms with van der Waals surface area (Å²) in [5.41, 5.74) is 0.526. The van der Waals surface area contributed by atoms with Crippen LogP contribution in [0.2, 0.25) is 5.02 Å². The molecule has 0 aromatic carbocycles. The zero-order chi connectivity index (χ0) is 12.5. The van der Waals surface area contributed by atoms with Crippen LogP contribution < -0.4 is 4.90 Å². The summed E-state index contributed by atoms with van der Waals surface area (Å²) in [7, 11) is 0. The van der Waals surface area contributed by atoms with Crippen molar-refractivity contribution in [1.82, 2.24) is 4.98 Å². The van der Waals surface area contributed by atoms with Gasteiger partial charge in [0.05, 0.1) is 5.56 Å². The van der Waals surface area contributed by atoms with Crippen LogP contribution in [0.15, 0.2) is 12.3 Å². The first-order valence-electron chi connectivity index (χ1n) is 6.57. The minimum Gasteiger partial charge on any atom is -0.355 e. The third-order valence-electron chi connectivity index (χ3n) is 3.64. The molecule has 1 aromatic heterocycles. The number of hydrogen-bond donors (Lipinski definition) is 0. The minimum atomic E-state index is 0.515. The Morgan fingerprint density at radius 1 is 1.28 bits per heavy atom. The lowest BCUT2D eigenvalue weighted by Gasteiger charge is -2.24. The molecule has 2 saturated carbocycles. The van der Waals surface area contributed by atoms with Crippen LogP contribution in [0.5, 0.6) is 0 Å². The van der Waals surface area contributed by atoms with Gasteiger partial charge in [0, 0.05) is 19.3 Å². The number of nitrogens with zero attached hydrogens (tertiary/aromatic N) is 3. The van der Waals surface area contributed by atoms with E-state index in [1.165, 1.54) is 25.7 Å². The van der Waals surface area contributed by atoms with E-state index in [1.807, 2.05) is 0 Å². The number of pyridine rings is 1. The molecule has 0 saturated heterocycles. The maximum absolute atomic E-state index is 9.03. The molecular formula is C14H16ClN3. The van der Waals surface area contributed by atoms with E-state index in [9.17, 15) is 0 Å². The van der Waals surface area contributed by atoms with E-state index in [0.29, 0.717) is 10.6 Å². The second kappa shape index (κ2) is 4.78. The zero-order valence-corrected chi connectivity index (χ0v) is 11.0. The van der Waals surface area contributed by atoms with Gasteiger partial charge in [0.2, 0.25) is 0 Å². The van der Waals surface area contributed by atoms with Gasteiger partial charge in [-0.1, -0.05) is 11.6 Å². The highest BCUT2D eigenvalue weighted by molar-refractivity contribution is 6.34. The highest BCUT2D eigenvalue weighted by Gasteiger charge is 2.30. The van der Waals surface area contributed by atoms with Gasteiger partial charge in [-0.05, 0) is 43.6 Å². The Hall–Kier alpha value is -1.27. The molecule has 18 heavy (non-hydrogen) atoms. The predicted molar refractivity (Wildman–Crippen MR) is 71.6 cm³/mol. The molecule has 0 unspecified atom stereocenters. The minimum absolute atomic E-state index is 0.515. The molecular weight excluding hydrogens is 246 g/mol. The smallest absolute Gasteiger partial charge is 0.148 e. The Morgan fingerprint density at radius 3 is 2.39 bits per heavy atom. The van der Waals surface area contributed by atoms with Crippen LogP contribution in [-0.2, 0) is 0 Å². The number of aromatic nitrogens is 1. The van der Waals surface area contributed by atoms with E-state index < -0.39 is 0 Å². The van der Waals surface area contributed by atoms with Crippen LogP contribution >= 0.6 is 11.6 Å². The SMILES string of the molecule is N#Cc1ccnc(N(CC2CC2)CC2CC2)c1Cl. The Kier molecular flexibility index (Phi) is 3.13. The Bertz CT molecular complexity index is 472. The van der Waals surface area contributed by atoms with Crippen molar-refractivity contribution in [1.29, 1.82) is 5.26 Å². The highest BCUT2D eigenvalue weighted by atomic mass is 35.5. The number of rotatable bonds is 5. The first-order valence-corrected chi connectivity index (χ1v) is 6.95. The molecule has 2 aliphatic carbocycles. The molecule has 0 N–H and O–H groups in total. The largest absolute Gasteiger partial charge is 0.355 e.